The average Bonchev–Trinajstić information content (AvgIpc) is 2.88. The van der Waals surface area contributed by atoms with Crippen LogP contribution in [-0.4, -0.2) is 17.1 Å². The third-order valence-electron chi connectivity index (χ3n) is 3.19. The molecule has 1 unspecified atom stereocenters. The van der Waals surface area contributed by atoms with Crippen LogP contribution in [0.15, 0.2) is 24.4 Å². The SMILES string of the molecule is CCCC(N)c1ncc(-c2cc(C)ccc2OC)[nH]1. The van der Waals surface area contributed by atoms with Crippen molar-refractivity contribution in [3.63, 3.8) is 0 Å². The standard InChI is InChI=1S/C15H21N3O/c1-4-5-12(16)15-17-9-13(18-15)11-8-10(2)6-7-14(11)19-3/h6-9,12H,4-5,16H2,1-3H3,(H,17,18). The van der Waals surface area contributed by atoms with Gasteiger partial charge < -0.3 is 15.5 Å². The predicted molar refractivity (Wildman–Crippen MR) is 77.1 cm³/mol. The minimum absolute atomic E-state index is 0.0328. The number of hydrogen-bond donors (Lipinski definition) is 2. The molecule has 1 atom stereocenters. The summed E-state index contributed by atoms with van der Waals surface area (Å²) in [6.45, 7) is 4.18. The van der Waals surface area contributed by atoms with E-state index in [1.807, 2.05) is 18.3 Å². The Morgan fingerprint density at radius 2 is 2.21 bits per heavy atom. The second kappa shape index (κ2) is 5.89. The van der Waals surface area contributed by atoms with Crippen LogP contribution in [0.2, 0.25) is 0 Å². The molecule has 1 aromatic carbocycles. The molecule has 0 fully saturated rings. The van der Waals surface area contributed by atoms with Gasteiger partial charge in [-0.05, 0) is 25.5 Å². The van der Waals surface area contributed by atoms with Crippen molar-refractivity contribution in [1.82, 2.24) is 9.97 Å². The highest BCUT2D eigenvalue weighted by molar-refractivity contribution is 5.67. The minimum Gasteiger partial charge on any atom is -0.496 e. The van der Waals surface area contributed by atoms with Crippen LogP contribution in [0.25, 0.3) is 11.3 Å². The topological polar surface area (TPSA) is 63.9 Å². The highest BCUT2D eigenvalue weighted by Gasteiger charge is 2.13. The minimum atomic E-state index is -0.0328. The predicted octanol–water partition coefficient (Wildman–Crippen LogP) is 3.19. The van der Waals surface area contributed by atoms with Gasteiger partial charge in [0.05, 0.1) is 25.0 Å². The second-order valence-electron chi connectivity index (χ2n) is 4.78. The number of H-pyrrole nitrogens is 1. The molecule has 0 aliphatic heterocycles. The molecule has 0 bridgehead atoms. The number of hydrogen-bond acceptors (Lipinski definition) is 3. The van der Waals surface area contributed by atoms with E-state index in [0.29, 0.717) is 0 Å². The Hall–Kier alpha value is -1.81. The van der Waals surface area contributed by atoms with Crippen LogP contribution in [-0.2, 0) is 0 Å². The van der Waals surface area contributed by atoms with Gasteiger partial charge >= 0.3 is 0 Å². The van der Waals surface area contributed by atoms with Crippen molar-refractivity contribution in [2.45, 2.75) is 32.7 Å². The first-order chi connectivity index (χ1) is 9.15. The number of imidazole rings is 1. The molecule has 0 spiro atoms. The molecule has 0 amide bonds. The van der Waals surface area contributed by atoms with Crippen molar-refractivity contribution >= 4 is 0 Å². The Kier molecular flexibility index (Phi) is 4.22. The molecule has 2 aromatic rings. The number of ether oxygens (including phenoxy) is 1. The van der Waals surface area contributed by atoms with E-state index < -0.39 is 0 Å². The summed E-state index contributed by atoms with van der Waals surface area (Å²) in [6, 6.07) is 6.05. The van der Waals surface area contributed by atoms with Crippen LogP contribution in [0.4, 0.5) is 0 Å². The fraction of sp³-hybridized carbons (Fsp3) is 0.400. The highest BCUT2D eigenvalue weighted by atomic mass is 16.5. The number of rotatable bonds is 5. The number of benzene rings is 1. The first-order valence-electron chi connectivity index (χ1n) is 6.61. The molecule has 0 radical (unpaired) electrons. The molecule has 2 rings (SSSR count). The Balaban J connectivity index is 2.34. The maximum Gasteiger partial charge on any atom is 0.128 e. The van der Waals surface area contributed by atoms with E-state index in [1.165, 1.54) is 5.56 Å². The summed E-state index contributed by atoms with van der Waals surface area (Å²) in [4.78, 5) is 7.68. The molecule has 19 heavy (non-hydrogen) atoms. The number of aryl methyl sites for hydroxylation is 1. The van der Waals surface area contributed by atoms with Gasteiger partial charge in [-0.1, -0.05) is 25.0 Å². The van der Waals surface area contributed by atoms with Crippen LogP contribution in [0, 0.1) is 6.92 Å². The van der Waals surface area contributed by atoms with Gasteiger partial charge in [0.15, 0.2) is 0 Å². The zero-order chi connectivity index (χ0) is 13.8. The lowest BCUT2D eigenvalue weighted by atomic mass is 10.1. The van der Waals surface area contributed by atoms with Crippen molar-refractivity contribution in [2.75, 3.05) is 7.11 Å². The summed E-state index contributed by atoms with van der Waals surface area (Å²) in [7, 11) is 1.67. The maximum atomic E-state index is 6.07. The van der Waals surface area contributed by atoms with Crippen molar-refractivity contribution in [3.05, 3.63) is 35.8 Å². The van der Waals surface area contributed by atoms with E-state index in [9.17, 15) is 0 Å². The van der Waals surface area contributed by atoms with E-state index in [1.54, 1.807) is 7.11 Å². The summed E-state index contributed by atoms with van der Waals surface area (Å²) < 4.78 is 5.39. The highest BCUT2D eigenvalue weighted by Crippen LogP contribution is 2.30. The van der Waals surface area contributed by atoms with Gasteiger partial charge in [0.25, 0.3) is 0 Å². The van der Waals surface area contributed by atoms with Crippen LogP contribution in [0.5, 0.6) is 5.75 Å². The molecule has 0 aliphatic carbocycles. The molecule has 1 aromatic heterocycles. The quantitative estimate of drug-likeness (QED) is 0.866. The van der Waals surface area contributed by atoms with Gasteiger partial charge in [-0.2, -0.15) is 0 Å². The third-order valence-corrected chi connectivity index (χ3v) is 3.19. The Morgan fingerprint density at radius 1 is 1.42 bits per heavy atom. The van der Waals surface area contributed by atoms with Crippen molar-refractivity contribution in [2.24, 2.45) is 5.73 Å². The van der Waals surface area contributed by atoms with Gasteiger partial charge in [0.2, 0.25) is 0 Å². The molecular formula is C15H21N3O. The van der Waals surface area contributed by atoms with Gasteiger partial charge in [-0.25, -0.2) is 4.98 Å². The summed E-state index contributed by atoms with van der Waals surface area (Å²) in [5.41, 5.74) is 9.22. The van der Waals surface area contributed by atoms with Crippen LogP contribution in [0.3, 0.4) is 0 Å². The summed E-state index contributed by atoms with van der Waals surface area (Å²) in [6.07, 6.45) is 3.80. The van der Waals surface area contributed by atoms with Crippen molar-refractivity contribution in [1.29, 1.82) is 0 Å². The molecule has 4 heteroatoms. The number of aromatic nitrogens is 2. The van der Waals surface area contributed by atoms with Gasteiger partial charge in [-0.3, -0.25) is 0 Å². The van der Waals surface area contributed by atoms with E-state index in [-0.39, 0.29) is 6.04 Å². The third kappa shape index (κ3) is 2.96. The number of methoxy groups -OCH3 is 1. The van der Waals surface area contributed by atoms with Crippen LogP contribution in [0.1, 0.15) is 37.2 Å². The van der Waals surface area contributed by atoms with Crippen molar-refractivity contribution in [3.8, 4) is 17.0 Å². The first-order valence-corrected chi connectivity index (χ1v) is 6.61. The van der Waals surface area contributed by atoms with E-state index >= 15 is 0 Å². The molecule has 0 aliphatic rings. The zero-order valence-electron chi connectivity index (χ0n) is 11.7. The van der Waals surface area contributed by atoms with Crippen LogP contribution >= 0.6 is 0 Å². The summed E-state index contributed by atoms with van der Waals surface area (Å²) >= 11 is 0. The fourth-order valence-electron chi connectivity index (χ4n) is 2.14. The van der Waals surface area contributed by atoms with E-state index in [4.69, 9.17) is 10.5 Å². The van der Waals surface area contributed by atoms with Gasteiger partial charge in [0.1, 0.15) is 11.6 Å². The molecule has 0 saturated heterocycles. The molecular weight excluding hydrogens is 238 g/mol. The number of aromatic amines is 1. The fourth-order valence-corrected chi connectivity index (χ4v) is 2.14. The monoisotopic (exact) mass is 259 g/mol. The Bertz CT molecular complexity index is 548. The molecule has 102 valence electrons. The number of nitrogens with two attached hydrogens (primary N) is 1. The van der Waals surface area contributed by atoms with E-state index in [0.717, 1.165) is 35.7 Å². The first kappa shape index (κ1) is 13.6. The zero-order valence-corrected chi connectivity index (χ0v) is 11.7. The smallest absolute Gasteiger partial charge is 0.128 e. The summed E-state index contributed by atoms with van der Waals surface area (Å²) in [5.74, 6) is 1.67. The van der Waals surface area contributed by atoms with Crippen molar-refractivity contribution < 1.29 is 4.74 Å². The largest absolute Gasteiger partial charge is 0.496 e. The molecule has 1 heterocycles. The average molecular weight is 259 g/mol. The Morgan fingerprint density at radius 3 is 2.89 bits per heavy atom. The lowest BCUT2D eigenvalue weighted by Gasteiger charge is -2.08. The molecule has 0 saturated carbocycles. The lowest BCUT2D eigenvalue weighted by molar-refractivity contribution is 0.416. The lowest BCUT2D eigenvalue weighted by Crippen LogP contribution is -2.11. The molecule has 3 N–H and O–H groups in total. The van der Waals surface area contributed by atoms with Gasteiger partial charge in [-0.15, -0.1) is 0 Å². The Labute approximate surface area is 114 Å². The van der Waals surface area contributed by atoms with E-state index in [2.05, 4.69) is 29.9 Å². The van der Waals surface area contributed by atoms with Crippen LogP contribution < -0.4 is 10.5 Å². The van der Waals surface area contributed by atoms with Gasteiger partial charge in [0, 0.05) is 5.56 Å². The maximum absolute atomic E-state index is 6.07. The second-order valence-corrected chi connectivity index (χ2v) is 4.78. The summed E-state index contributed by atoms with van der Waals surface area (Å²) in [5, 5.41) is 0. The number of nitrogens with one attached hydrogen (secondary N) is 1. The number of nitrogens with zero attached hydrogens (tertiary/aromatic N) is 1. The molecule has 4 nitrogen and oxygen atoms in total. The normalized spacial score (nSPS) is 12.4.